The third-order valence-electron chi connectivity index (χ3n) is 4.36. The molecule has 1 atom stereocenters. The Hall–Kier alpha value is -2.76. The van der Waals surface area contributed by atoms with Crippen molar-refractivity contribution in [1.29, 1.82) is 0 Å². The molecule has 0 bridgehead atoms. The van der Waals surface area contributed by atoms with Crippen molar-refractivity contribution in [2.24, 2.45) is 0 Å². The van der Waals surface area contributed by atoms with Gasteiger partial charge in [-0.1, -0.05) is 6.07 Å². The van der Waals surface area contributed by atoms with Crippen molar-refractivity contribution >= 4 is 16.9 Å². The molecule has 3 aromatic rings. The number of carbonyl (C=O) groups is 1. The Labute approximate surface area is 133 Å². The molecule has 1 aliphatic rings. The average molecular weight is 307 g/mol. The fourth-order valence-corrected chi connectivity index (χ4v) is 3.19. The Kier molecular flexibility index (Phi) is 3.49. The summed E-state index contributed by atoms with van der Waals surface area (Å²) in [4.78, 5) is 19.4. The van der Waals surface area contributed by atoms with Crippen LogP contribution in [0.15, 0.2) is 42.6 Å². The maximum absolute atomic E-state index is 13.0. The zero-order valence-corrected chi connectivity index (χ0v) is 12.6. The van der Waals surface area contributed by atoms with E-state index in [0.29, 0.717) is 11.1 Å². The van der Waals surface area contributed by atoms with Gasteiger partial charge in [-0.2, -0.15) is 15.4 Å². The normalized spacial score (nSPS) is 18.3. The smallest absolute Gasteiger partial charge is 0.254 e. The first-order valence-electron chi connectivity index (χ1n) is 7.85. The van der Waals surface area contributed by atoms with E-state index in [-0.39, 0.29) is 11.9 Å². The number of benzene rings is 1. The maximum Gasteiger partial charge on any atom is 0.254 e. The van der Waals surface area contributed by atoms with Gasteiger partial charge in [0.15, 0.2) is 0 Å². The van der Waals surface area contributed by atoms with Crippen molar-refractivity contribution in [1.82, 2.24) is 25.3 Å². The molecule has 1 aliphatic heterocycles. The van der Waals surface area contributed by atoms with E-state index in [1.54, 1.807) is 12.3 Å². The van der Waals surface area contributed by atoms with Crippen LogP contribution < -0.4 is 0 Å². The van der Waals surface area contributed by atoms with E-state index in [1.165, 1.54) is 0 Å². The highest BCUT2D eigenvalue weighted by Gasteiger charge is 2.29. The molecule has 0 aliphatic carbocycles. The predicted octanol–water partition coefficient (Wildman–Crippen LogP) is 2.72. The molecule has 4 rings (SSSR count). The van der Waals surface area contributed by atoms with Crippen LogP contribution in [-0.4, -0.2) is 37.7 Å². The number of carbonyl (C=O) groups excluding carboxylic acids is 1. The second kappa shape index (κ2) is 5.79. The van der Waals surface area contributed by atoms with Gasteiger partial charge in [0.05, 0.1) is 11.7 Å². The lowest BCUT2D eigenvalue weighted by Crippen LogP contribution is -2.38. The first kappa shape index (κ1) is 13.9. The topological polar surface area (TPSA) is 74.8 Å². The number of nitrogens with one attached hydrogen (secondary N) is 1. The summed E-state index contributed by atoms with van der Waals surface area (Å²) in [5, 5.41) is 10.7. The standard InChI is InChI=1S/C17H17N5O/c23-17(12-7-8-13-15(11-12)20-21-19-13)22-10-4-2-6-16(22)14-5-1-3-9-18-14/h1,3,5,7-9,11,16H,2,4,6,10H2,(H,19,20,21). The number of H-pyrrole nitrogens is 1. The van der Waals surface area contributed by atoms with Gasteiger partial charge < -0.3 is 4.90 Å². The van der Waals surface area contributed by atoms with Crippen molar-refractivity contribution in [3.8, 4) is 0 Å². The van der Waals surface area contributed by atoms with E-state index in [1.807, 2.05) is 35.2 Å². The van der Waals surface area contributed by atoms with Crippen LogP contribution in [0.3, 0.4) is 0 Å². The molecule has 6 heteroatoms. The van der Waals surface area contributed by atoms with Gasteiger partial charge in [-0.3, -0.25) is 9.78 Å². The molecule has 0 spiro atoms. The molecule has 1 unspecified atom stereocenters. The van der Waals surface area contributed by atoms with Crippen LogP contribution in [-0.2, 0) is 0 Å². The third kappa shape index (κ3) is 2.56. The zero-order valence-electron chi connectivity index (χ0n) is 12.6. The molecule has 23 heavy (non-hydrogen) atoms. The Morgan fingerprint density at radius 3 is 2.91 bits per heavy atom. The Morgan fingerprint density at radius 2 is 2.04 bits per heavy atom. The van der Waals surface area contributed by atoms with Gasteiger partial charge in [0.25, 0.3) is 5.91 Å². The molecule has 0 saturated carbocycles. The largest absolute Gasteiger partial charge is 0.330 e. The molecule has 3 heterocycles. The summed E-state index contributed by atoms with van der Waals surface area (Å²) in [6.45, 7) is 0.761. The first-order valence-corrected chi connectivity index (χ1v) is 7.85. The molecule has 6 nitrogen and oxygen atoms in total. The van der Waals surface area contributed by atoms with Crippen LogP contribution in [0.5, 0.6) is 0 Å². The van der Waals surface area contributed by atoms with Gasteiger partial charge in [0.2, 0.25) is 0 Å². The van der Waals surface area contributed by atoms with Crippen LogP contribution in [0, 0.1) is 0 Å². The number of fused-ring (bicyclic) bond motifs is 1. The molecule has 1 saturated heterocycles. The maximum atomic E-state index is 13.0. The van der Waals surface area contributed by atoms with E-state index >= 15 is 0 Å². The van der Waals surface area contributed by atoms with E-state index in [9.17, 15) is 4.79 Å². The minimum atomic E-state index is 0.0326. The minimum absolute atomic E-state index is 0.0326. The lowest BCUT2D eigenvalue weighted by Gasteiger charge is -2.35. The SMILES string of the molecule is O=C(c1ccc2n[nH]nc2c1)N1CCCCC1c1ccccn1. The number of likely N-dealkylation sites (tertiary alicyclic amines) is 1. The van der Waals surface area contributed by atoms with Crippen LogP contribution in [0.2, 0.25) is 0 Å². The number of amides is 1. The predicted molar refractivity (Wildman–Crippen MR) is 85.8 cm³/mol. The molecule has 0 radical (unpaired) electrons. The Bertz CT molecular complexity index is 829. The minimum Gasteiger partial charge on any atom is -0.330 e. The number of aromatic nitrogens is 4. The van der Waals surface area contributed by atoms with Crippen LogP contribution in [0.25, 0.3) is 11.0 Å². The van der Waals surface area contributed by atoms with E-state index in [0.717, 1.165) is 37.0 Å². The second-order valence-electron chi connectivity index (χ2n) is 5.79. The fraction of sp³-hybridized carbons (Fsp3) is 0.294. The third-order valence-corrected chi connectivity index (χ3v) is 4.36. The highest BCUT2D eigenvalue weighted by molar-refractivity contribution is 5.97. The first-order chi connectivity index (χ1) is 11.3. The van der Waals surface area contributed by atoms with Crippen molar-refractivity contribution in [2.75, 3.05) is 6.54 Å². The summed E-state index contributed by atoms with van der Waals surface area (Å²) in [6, 6.07) is 11.4. The number of hydrogen-bond donors (Lipinski definition) is 1. The number of pyridine rings is 1. The molecular weight excluding hydrogens is 290 g/mol. The molecule has 2 aromatic heterocycles. The molecule has 1 N–H and O–H groups in total. The number of piperidine rings is 1. The Balaban J connectivity index is 1.67. The summed E-state index contributed by atoms with van der Waals surface area (Å²) in [5.41, 5.74) is 3.08. The van der Waals surface area contributed by atoms with Gasteiger partial charge in [0, 0.05) is 18.3 Å². The lowest BCUT2D eigenvalue weighted by molar-refractivity contribution is 0.0606. The Morgan fingerprint density at radius 1 is 1.13 bits per heavy atom. The number of hydrogen-bond acceptors (Lipinski definition) is 4. The van der Waals surface area contributed by atoms with Gasteiger partial charge in [-0.05, 0) is 49.6 Å². The summed E-state index contributed by atoms with van der Waals surface area (Å²) < 4.78 is 0. The number of rotatable bonds is 2. The summed E-state index contributed by atoms with van der Waals surface area (Å²) in [7, 11) is 0. The van der Waals surface area contributed by atoms with Gasteiger partial charge in [-0.15, -0.1) is 0 Å². The number of aromatic amines is 1. The average Bonchev–Trinajstić information content (AvgIpc) is 3.09. The molecule has 1 amide bonds. The van der Waals surface area contributed by atoms with Crippen LogP contribution >= 0.6 is 0 Å². The quantitative estimate of drug-likeness (QED) is 0.790. The van der Waals surface area contributed by atoms with E-state index in [4.69, 9.17) is 0 Å². The monoisotopic (exact) mass is 307 g/mol. The molecular formula is C17H17N5O. The van der Waals surface area contributed by atoms with Gasteiger partial charge in [-0.25, -0.2) is 0 Å². The highest BCUT2D eigenvalue weighted by Crippen LogP contribution is 2.31. The van der Waals surface area contributed by atoms with Crippen molar-refractivity contribution in [3.63, 3.8) is 0 Å². The summed E-state index contributed by atoms with van der Waals surface area (Å²) >= 11 is 0. The van der Waals surface area contributed by atoms with Crippen molar-refractivity contribution in [2.45, 2.75) is 25.3 Å². The van der Waals surface area contributed by atoms with Crippen molar-refractivity contribution < 1.29 is 4.79 Å². The second-order valence-corrected chi connectivity index (χ2v) is 5.79. The molecule has 1 fully saturated rings. The van der Waals surface area contributed by atoms with Crippen LogP contribution in [0.4, 0.5) is 0 Å². The van der Waals surface area contributed by atoms with Crippen LogP contribution in [0.1, 0.15) is 41.4 Å². The summed E-state index contributed by atoms with van der Waals surface area (Å²) in [5.74, 6) is 0.0326. The fourth-order valence-electron chi connectivity index (χ4n) is 3.19. The molecule has 116 valence electrons. The van der Waals surface area contributed by atoms with E-state index < -0.39 is 0 Å². The zero-order chi connectivity index (χ0) is 15.6. The van der Waals surface area contributed by atoms with Gasteiger partial charge in [0.1, 0.15) is 11.0 Å². The summed E-state index contributed by atoms with van der Waals surface area (Å²) in [6.07, 6.45) is 4.89. The van der Waals surface area contributed by atoms with E-state index in [2.05, 4.69) is 20.4 Å². The number of nitrogens with zero attached hydrogens (tertiary/aromatic N) is 4. The highest BCUT2D eigenvalue weighted by atomic mass is 16.2. The van der Waals surface area contributed by atoms with Crippen molar-refractivity contribution in [3.05, 3.63) is 53.9 Å². The molecule has 1 aromatic carbocycles. The lowest BCUT2D eigenvalue weighted by atomic mass is 9.97. The van der Waals surface area contributed by atoms with Gasteiger partial charge >= 0.3 is 0 Å².